The van der Waals surface area contributed by atoms with Crippen LogP contribution in [0.5, 0.6) is 0 Å². The Morgan fingerprint density at radius 1 is 1.06 bits per heavy atom. The average Bonchev–Trinajstić information content (AvgIpc) is 2.41. The third kappa shape index (κ3) is 1.76. The number of nitrogens with zero attached hydrogens (tertiary/aromatic N) is 2. The Morgan fingerprint density at radius 3 is 2.65 bits per heavy atom. The van der Waals surface area contributed by atoms with Crippen molar-refractivity contribution in [2.75, 3.05) is 6.54 Å². The summed E-state index contributed by atoms with van der Waals surface area (Å²) in [7, 11) is 0. The van der Waals surface area contributed by atoms with Gasteiger partial charge in [0.2, 0.25) is 0 Å². The summed E-state index contributed by atoms with van der Waals surface area (Å²) in [6, 6.07) is 12.6. The lowest BCUT2D eigenvalue weighted by Gasteiger charge is -2.22. The lowest BCUT2D eigenvalue weighted by atomic mass is 9.88. The van der Waals surface area contributed by atoms with Crippen LogP contribution in [0.1, 0.15) is 29.5 Å². The zero-order valence-electron chi connectivity index (χ0n) is 9.80. The fourth-order valence-corrected chi connectivity index (χ4v) is 2.31. The summed E-state index contributed by atoms with van der Waals surface area (Å²) in [5.74, 6) is 0.511. The van der Waals surface area contributed by atoms with Gasteiger partial charge in [-0.25, -0.2) is 0 Å². The standard InChI is InChI=1S/C15H14N2/c1-11-10-17-15(12-6-8-16-9-7-12)14-5-3-2-4-13(11)14/h2-9,11H,10H2,1H3/t11-/m1/s1. The van der Waals surface area contributed by atoms with Crippen molar-refractivity contribution in [2.45, 2.75) is 12.8 Å². The van der Waals surface area contributed by atoms with Crippen LogP contribution in [-0.2, 0) is 0 Å². The van der Waals surface area contributed by atoms with Gasteiger partial charge in [-0.3, -0.25) is 9.98 Å². The molecule has 0 aliphatic carbocycles. The number of aliphatic imine (C=N–C) groups is 1. The van der Waals surface area contributed by atoms with Gasteiger partial charge in [0, 0.05) is 36.0 Å². The van der Waals surface area contributed by atoms with Crippen molar-refractivity contribution in [2.24, 2.45) is 4.99 Å². The van der Waals surface area contributed by atoms with E-state index in [0.717, 1.165) is 17.8 Å². The second-order valence-electron chi connectivity index (χ2n) is 4.41. The van der Waals surface area contributed by atoms with Crippen LogP contribution in [0.25, 0.3) is 0 Å². The van der Waals surface area contributed by atoms with Crippen LogP contribution in [0.3, 0.4) is 0 Å². The maximum atomic E-state index is 4.71. The molecule has 0 saturated carbocycles. The van der Waals surface area contributed by atoms with Gasteiger partial charge >= 0.3 is 0 Å². The van der Waals surface area contributed by atoms with Gasteiger partial charge in [0.15, 0.2) is 0 Å². The maximum absolute atomic E-state index is 4.71. The van der Waals surface area contributed by atoms with E-state index in [1.807, 2.05) is 24.5 Å². The monoisotopic (exact) mass is 222 g/mol. The fraction of sp³-hybridized carbons (Fsp3) is 0.200. The summed E-state index contributed by atoms with van der Waals surface area (Å²) in [6.45, 7) is 3.10. The number of pyridine rings is 1. The third-order valence-electron chi connectivity index (χ3n) is 3.22. The van der Waals surface area contributed by atoms with Crippen LogP contribution >= 0.6 is 0 Å². The zero-order valence-corrected chi connectivity index (χ0v) is 9.80. The van der Waals surface area contributed by atoms with Crippen molar-refractivity contribution >= 4 is 5.71 Å². The molecular formula is C15H14N2. The topological polar surface area (TPSA) is 25.2 Å². The van der Waals surface area contributed by atoms with Crippen LogP contribution in [-0.4, -0.2) is 17.2 Å². The number of fused-ring (bicyclic) bond motifs is 1. The molecule has 1 aromatic carbocycles. The van der Waals surface area contributed by atoms with Gasteiger partial charge in [-0.1, -0.05) is 31.2 Å². The van der Waals surface area contributed by atoms with Gasteiger partial charge in [-0.15, -0.1) is 0 Å². The highest BCUT2D eigenvalue weighted by Gasteiger charge is 2.19. The van der Waals surface area contributed by atoms with Crippen molar-refractivity contribution in [3.8, 4) is 0 Å². The molecule has 0 N–H and O–H groups in total. The molecule has 2 aromatic rings. The van der Waals surface area contributed by atoms with Crippen LogP contribution in [0, 0.1) is 0 Å². The van der Waals surface area contributed by atoms with E-state index < -0.39 is 0 Å². The molecule has 2 heterocycles. The van der Waals surface area contributed by atoms with Crippen LogP contribution in [0.15, 0.2) is 53.8 Å². The van der Waals surface area contributed by atoms with Gasteiger partial charge < -0.3 is 0 Å². The van der Waals surface area contributed by atoms with Gasteiger partial charge in [0.25, 0.3) is 0 Å². The number of benzene rings is 1. The Hall–Kier alpha value is -1.96. The summed E-state index contributed by atoms with van der Waals surface area (Å²) in [5.41, 5.74) is 4.91. The highest BCUT2D eigenvalue weighted by molar-refractivity contribution is 6.14. The molecule has 0 amide bonds. The molecule has 3 rings (SSSR count). The summed E-state index contributed by atoms with van der Waals surface area (Å²) in [5, 5.41) is 0. The van der Waals surface area contributed by atoms with Crippen molar-refractivity contribution < 1.29 is 0 Å². The van der Waals surface area contributed by atoms with E-state index >= 15 is 0 Å². The summed E-state index contributed by atoms with van der Waals surface area (Å²) < 4.78 is 0. The van der Waals surface area contributed by atoms with E-state index in [-0.39, 0.29) is 0 Å². The Labute approximate surface area is 101 Å². The Kier molecular flexibility index (Phi) is 2.48. The average molecular weight is 222 g/mol. The molecule has 1 aromatic heterocycles. The minimum absolute atomic E-state index is 0.511. The van der Waals surface area contributed by atoms with Crippen molar-refractivity contribution in [1.29, 1.82) is 0 Å². The molecule has 0 radical (unpaired) electrons. The Bertz CT molecular complexity index is 558. The van der Waals surface area contributed by atoms with Crippen molar-refractivity contribution in [3.63, 3.8) is 0 Å². The molecule has 84 valence electrons. The zero-order chi connectivity index (χ0) is 11.7. The molecule has 0 unspecified atom stereocenters. The molecule has 0 spiro atoms. The molecule has 0 saturated heterocycles. The van der Waals surface area contributed by atoms with E-state index in [0.29, 0.717) is 5.92 Å². The van der Waals surface area contributed by atoms with Crippen molar-refractivity contribution in [1.82, 2.24) is 4.98 Å². The van der Waals surface area contributed by atoms with E-state index in [2.05, 4.69) is 36.2 Å². The molecule has 1 aliphatic heterocycles. The lowest BCUT2D eigenvalue weighted by Crippen LogP contribution is -2.16. The highest BCUT2D eigenvalue weighted by atomic mass is 14.8. The molecule has 0 fully saturated rings. The minimum atomic E-state index is 0.511. The molecule has 2 heteroatoms. The first-order chi connectivity index (χ1) is 8.36. The third-order valence-corrected chi connectivity index (χ3v) is 3.22. The van der Waals surface area contributed by atoms with Crippen LogP contribution in [0.4, 0.5) is 0 Å². The second kappa shape index (κ2) is 4.13. The quantitative estimate of drug-likeness (QED) is 0.728. The number of rotatable bonds is 1. The summed E-state index contributed by atoms with van der Waals surface area (Å²) >= 11 is 0. The van der Waals surface area contributed by atoms with Crippen molar-refractivity contribution in [3.05, 3.63) is 65.5 Å². The second-order valence-corrected chi connectivity index (χ2v) is 4.41. The maximum Gasteiger partial charge on any atom is 0.0723 e. The lowest BCUT2D eigenvalue weighted by molar-refractivity contribution is 0.761. The normalized spacial score (nSPS) is 18.4. The van der Waals surface area contributed by atoms with Gasteiger partial charge in [0.1, 0.15) is 0 Å². The van der Waals surface area contributed by atoms with E-state index in [1.165, 1.54) is 11.1 Å². The molecule has 17 heavy (non-hydrogen) atoms. The molecule has 1 atom stereocenters. The number of aromatic nitrogens is 1. The Balaban J connectivity index is 2.14. The number of hydrogen-bond acceptors (Lipinski definition) is 2. The molecule has 1 aliphatic rings. The first-order valence-electron chi connectivity index (χ1n) is 5.90. The smallest absolute Gasteiger partial charge is 0.0723 e. The predicted molar refractivity (Wildman–Crippen MR) is 69.6 cm³/mol. The molecule has 0 bridgehead atoms. The van der Waals surface area contributed by atoms with Crippen LogP contribution < -0.4 is 0 Å². The van der Waals surface area contributed by atoms with Gasteiger partial charge in [-0.2, -0.15) is 0 Å². The number of hydrogen-bond donors (Lipinski definition) is 0. The van der Waals surface area contributed by atoms with Gasteiger partial charge in [0.05, 0.1) is 5.71 Å². The first-order valence-corrected chi connectivity index (χ1v) is 5.90. The largest absolute Gasteiger partial charge is 0.283 e. The molecule has 2 nitrogen and oxygen atoms in total. The minimum Gasteiger partial charge on any atom is -0.283 e. The predicted octanol–water partition coefficient (Wildman–Crippen LogP) is 3.04. The van der Waals surface area contributed by atoms with E-state index in [9.17, 15) is 0 Å². The van der Waals surface area contributed by atoms with Crippen LogP contribution in [0.2, 0.25) is 0 Å². The van der Waals surface area contributed by atoms with E-state index in [4.69, 9.17) is 4.99 Å². The van der Waals surface area contributed by atoms with Gasteiger partial charge in [-0.05, 0) is 17.7 Å². The first kappa shape index (κ1) is 10.2. The highest BCUT2D eigenvalue weighted by Crippen LogP contribution is 2.27. The SMILES string of the molecule is C[C@@H]1CN=C(c2ccncc2)c2ccccc21. The summed E-state index contributed by atoms with van der Waals surface area (Å²) in [4.78, 5) is 8.77. The fourth-order valence-electron chi connectivity index (χ4n) is 2.31. The summed E-state index contributed by atoms with van der Waals surface area (Å²) in [6.07, 6.45) is 3.64. The van der Waals surface area contributed by atoms with E-state index in [1.54, 1.807) is 0 Å². The molecular weight excluding hydrogens is 208 g/mol. The Morgan fingerprint density at radius 2 is 1.82 bits per heavy atom.